The summed E-state index contributed by atoms with van der Waals surface area (Å²) in [5.41, 5.74) is 6.21. The molecule has 7 heteroatoms. The topological polar surface area (TPSA) is 98.5 Å². The second-order valence-electron chi connectivity index (χ2n) is 9.19. The second kappa shape index (κ2) is 9.42. The summed E-state index contributed by atoms with van der Waals surface area (Å²) < 4.78 is 0. The van der Waals surface area contributed by atoms with Gasteiger partial charge in [0.2, 0.25) is 6.41 Å². The minimum atomic E-state index is -0.189. The zero-order valence-corrected chi connectivity index (χ0v) is 19.4. The molecular formula is C26H30N6O. The standard InChI is InChI=1S/C26H30N6O/c1-26(2,3)24(30-16-33)25-29-14-22(32-25)20-11-7-18(8-12-20)17-5-9-19(10-6-17)21-13-28-23(31-21)15-27-4/h5-14,16,24,27H,15H2,1-4H3,(H,28,31)(H,29,32)(H,30,33). The number of nitrogens with zero attached hydrogens (tertiary/aromatic N) is 2. The number of imidazole rings is 2. The molecule has 170 valence electrons. The van der Waals surface area contributed by atoms with Crippen molar-refractivity contribution < 1.29 is 4.79 Å². The fraction of sp³-hybridized carbons (Fsp3) is 0.269. The Bertz CT molecular complexity index is 1200. The molecule has 1 atom stereocenters. The van der Waals surface area contributed by atoms with Crippen LogP contribution in [0.4, 0.5) is 0 Å². The third-order valence-corrected chi connectivity index (χ3v) is 5.67. The van der Waals surface area contributed by atoms with Crippen LogP contribution in [0.2, 0.25) is 0 Å². The number of H-pyrrole nitrogens is 2. The Hall–Kier alpha value is -3.71. The number of amides is 1. The Morgan fingerprint density at radius 3 is 1.88 bits per heavy atom. The van der Waals surface area contributed by atoms with Crippen molar-refractivity contribution in [2.24, 2.45) is 5.41 Å². The fourth-order valence-electron chi connectivity index (χ4n) is 3.89. The molecule has 1 amide bonds. The number of carbonyl (C=O) groups excluding carboxylic acids is 1. The van der Waals surface area contributed by atoms with Crippen molar-refractivity contribution in [3.8, 4) is 33.6 Å². The average molecular weight is 443 g/mol. The van der Waals surface area contributed by atoms with Crippen LogP contribution in [0.25, 0.3) is 33.6 Å². The molecule has 0 fully saturated rings. The van der Waals surface area contributed by atoms with Crippen LogP contribution in [0.15, 0.2) is 60.9 Å². The van der Waals surface area contributed by atoms with Crippen LogP contribution in [0.5, 0.6) is 0 Å². The molecule has 0 radical (unpaired) electrons. The maximum Gasteiger partial charge on any atom is 0.207 e. The molecule has 2 heterocycles. The van der Waals surface area contributed by atoms with E-state index in [2.05, 4.69) is 99.9 Å². The Labute approximate surface area is 194 Å². The van der Waals surface area contributed by atoms with Crippen LogP contribution in [0.1, 0.15) is 38.5 Å². The number of rotatable bonds is 8. The van der Waals surface area contributed by atoms with Gasteiger partial charge in [-0.3, -0.25) is 4.79 Å². The average Bonchev–Trinajstić information content (AvgIpc) is 3.47. The molecule has 0 aliphatic heterocycles. The first kappa shape index (κ1) is 22.5. The SMILES string of the molecule is CNCc1ncc(-c2ccc(-c3ccc(-c4cnc(C(NC=O)C(C)(C)C)[nH]4)cc3)cc2)[nH]1. The van der Waals surface area contributed by atoms with Gasteiger partial charge in [0.05, 0.1) is 36.4 Å². The second-order valence-corrected chi connectivity index (χ2v) is 9.19. The van der Waals surface area contributed by atoms with E-state index in [-0.39, 0.29) is 11.5 Å². The number of hydrogen-bond donors (Lipinski definition) is 4. The molecule has 33 heavy (non-hydrogen) atoms. The molecule has 4 N–H and O–H groups in total. The first-order valence-electron chi connectivity index (χ1n) is 11.0. The van der Waals surface area contributed by atoms with Crippen molar-refractivity contribution in [1.82, 2.24) is 30.6 Å². The molecule has 2 aromatic carbocycles. The molecular weight excluding hydrogens is 412 g/mol. The Morgan fingerprint density at radius 2 is 1.36 bits per heavy atom. The summed E-state index contributed by atoms with van der Waals surface area (Å²) >= 11 is 0. The maximum atomic E-state index is 11.1. The van der Waals surface area contributed by atoms with Gasteiger partial charge in [0, 0.05) is 0 Å². The first-order valence-corrected chi connectivity index (χ1v) is 11.0. The van der Waals surface area contributed by atoms with Crippen LogP contribution in [0, 0.1) is 5.41 Å². The summed E-state index contributed by atoms with van der Waals surface area (Å²) in [6.45, 7) is 6.94. The largest absolute Gasteiger partial charge is 0.348 e. The van der Waals surface area contributed by atoms with E-state index in [9.17, 15) is 4.79 Å². The van der Waals surface area contributed by atoms with Crippen molar-refractivity contribution in [2.75, 3.05) is 7.05 Å². The van der Waals surface area contributed by atoms with Gasteiger partial charge in [-0.1, -0.05) is 69.3 Å². The number of nitrogens with one attached hydrogen (secondary N) is 4. The molecule has 1 unspecified atom stereocenters. The fourth-order valence-corrected chi connectivity index (χ4v) is 3.89. The van der Waals surface area contributed by atoms with E-state index in [1.54, 1.807) is 0 Å². The van der Waals surface area contributed by atoms with Crippen LogP contribution < -0.4 is 10.6 Å². The third kappa shape index (κ3) is 5.04. The summed E-state index contributed by atoms with van der Waals surface area (Å²) in [5.74, 6) is 1.67. The van der Waals surface area contributed by atoms with Crippen LogP contribution >= 0.6 is 0 Å². The normalized spacial score (nSPS) is 12.5. The van der Waals surface area contributed by atoms with Gasteiger partial charge < -0.3 is 20.6 Å². The quantitative estimate of drug-likeness (QED) is 0.298. The summed E-state index contributed by atoms with van der Waals surface area (Å²) in [6, 6.07) is 16.6. The van der Waals surface area contributed by atoms with Crippen molar-refractivity contribution in [3.05, 3.63) is 72.6 Å². The van der Waals surface area contributed by atoms with E-state index in [0.717, 1.165) is 51.7 Å². The predicted molar refractivity (Wildman–Crippen MR) is 131 cm³/mol. The molecule has 0 saturated heterocycles. The van der Waals surface area contributed by atoms with E-state index in [1.165, 1.54) is 0 Å². The first-order chi connectivity index (χ1) is 15.9. The van der Waals surface area contributed by atoms with Crippen LogP contribution in [0.3, 0.4) is 0 Å². The lowest BCUT2D eigenvalue weighted by Gasteiger charge is -2.28. The van der Waals surface area contributed by atoms with Gasteiger partial charge in [-0.05, 0) is 34.7 Å². The zero-order chi connectivity index (χ0) is 23.4. The maximum absolute atomic E-state index is 11.1. The van der Waals surface area contributed by atoms with Gasteiger partial charge in [0.1, 0.15) is 11.6 Å². The highest BCUT2D eigenvalue weighted by Crippen LogP contribution is 2.32. The van der Waals surface area contributed by atoms with E-state index in [4.69, 9.17) is 0 Å². The summed E-state index contributed by atoms with van der Waals surface area (Å²) in [5, 5.41) is 5.97. The number of benzene rings is 2. The smallest absolute Gasteiger partial charge is 0.207 e. The lowest BCUT2D eigenvalue weighted by molar-refractivity contribution is -0.111. The van der Waals surface area contributed by atoms with Crippen molar-refractivity contribution >= 4 is 6.41 Å². The van der Waals surface area contributed by atoms with E-state index in [1.807, 2.05) is 19.4 Å². The molecule has 2 aromatic heterocycles. The lowest BCUT2D eigenvalue weighted by Crippen LogP contribution is -2.32. The van der Waals surface area contributed by atoms with E-state index in [0.29, 0.717) is 6.54 Å². The van der Waals surface area contributed by atoms with E-state index < -0.39 is 0 Å². The number of carbonyl (C=O) groups is 1. The summed E-state index contributed by atoms with van der Waals surface area (Å²) in [7, 11) is 1.90. The van der Waals surface area contributed by atoms with Gasteiger partial charge in [-0.2, -0.15) is 0 Å². The Kier molecular flexibility index (Phi) is 6.42. The van der Waals surface area contributed by atoms with Crippen LogP contribution in [-0.4, -0.2) is 33.4 Å². The summed E-state index contributed by atoms with van der Waals surface area (Å²) in [4.78, 5) is 26.7. The van der Waals surface area contributed by atoms with Crippen molar-refractivity contribution in [3.63, 3.8) is 0 Å². The van der Waals surface area contributed by atoms with Gasteiger partial charge in [0.25, 0.3) is 0 Å². The van der Waals surface area contributed by atoms with Crippen molar-refractivity contribution in [2.45, 2.75) is 33.4 Å². The van der Waals surface area contributed by atoms with Gasteiger partial charge in [-0.15, -0.1) is 0 Å². The minimum Gasteiger partial charge on any atom is -0.348 e. The van der Waals surface area contributed by atoms with Gasteiger partial charge in [0.15, 0.2) is 0 Å². The Balaban J connectivity index is 1.50. The molecule has 0 saturated carbocycles. The monoisotopic (exact) mass is 442 g/mol. The zero-order valence-electron chi connectivity index (χ0n) is 19.4. The summed E-state index contributed by atoms with van der Waals surface area (Å²) in [6.07, 6.45) is 4.41. The molecule has 0 spiro atoms. The third-order valence-electron chi connectivity index (χ3n) is 5.67. The molecule has 4 aromatic rings. The number of aromatic nitrogens is 4. The molecule has 0 aliphatic rings. The predicted octanol–water partition coefficient (Wildman–Crippen LogP) is 4.69. The molecule has 0 bridgehead atoms. The van der Waals surface area contributed by atoms with Crippen LogP contribution in [-0.2, 0) is 11.3 Å². The Morgan fingerprint density at radius 1 is 0.848 bits per heavy atom. The molecule has 4 rings (SSSR count). The van der Waals surface area contributed by atoms with Crippen molar-refractivity contribution in [1.29, 1.82) is 0 Å². The lowest BCUT2D eigenvalue weighted by atomic mass is 9.86. The van der Waals surface area contributed by atoms with E-state index >= 15 is 0 Å². The minimum absolute atomic E-state index is 0.156. The van der Waals surface area contributed by atoms with Gasteiger partial charge in [-0.25, -0.2) is 9.97 Å². The highest BCUT2D eigenvalue weighted by molar-refractivity contribution is 5.71. The highest BCUT2D eigenvalue weighted by atomic mass is 16.1. The number of aromatic amines is 2. The number of hydrogen-bond acceptors (Lipinski definition) is 4. The molecule has 0 aliphatic carbocycles. The highest BCUT2D eigenvalue weighted by Gasteiger charge is 2.28. The molecule has 7 nitrogen and oxygen atoms in total. The van der Waals surface area contributed by atoms with Gasteiger partial charge >= 0.3 is 0 Å².